The molecule has 2 saturated heterocycles. The number of pyridine rings is 1. The minimum absolute atomic E-state index is 0.0131. The fraction of sp³-hybridized carbons (Fsp3) is 0.382. The number of halogens is 4. The van der Waals surface area contributed by atoms with Crippen LogP contribution in [-0.2, 0) is 0 Å². The first-order chi connectivity index (χ1) is 21.7. The van der Waals surface area contributed by atoms with Crippen LogP contribution < -0.4 is 14.8 Å². The minimum atomic E-state index is -2.81. The van der Waals surface area contributed by atoms with E-state index in [4.69, 9.17) is 15.9 Å². The number of benzene rings is 2. The Morgan fingerprint density at radius 1 is 1.11 bits per heavy atom. The molecule has 0 bridgehead atoms. The Morgan fingerprint density at radius 2 is 1.96 bits per heavy atom. The third kappa shape index (κ3) is 5.21. The number of hydrogen-bond donors (Lipinski definition) is 1. The number of hydrogen-bond acceptors (Lipinski definition) is 7. The van der Waals surface area contributed by atoms with E-state index in [-0.39, 0.29) is 71.1 Å². The van der Waals surface area contributed by atoms with Crippen molar-refractivity contribution in [3.8, 4) is 35.5 Å². The Kier molecular flexibility index (Phi) is 7.28. The standard InChI is InChI=1S/C34H31F4N5O2/c1-3-22-24(35)13-12-21-10-8-11-23(25(21)22)28-27(36)29-26-30(39-15-7-5-4-6-9-20(2)45-31(26)40-28)42-32(41-29)44-19-33-14-16-43(33)18-34(37,38)17-33/h1,4-5,8,10-13,20H,6-7,9,14-19H2,2H3,(H,39,41,42)/t20-,33+/m0/s1. The Morgan fingerprint density at radius 3 is 2.73 bits per heavy atom. The van der Waals surface area contributed by atoms with Crippen molar-refractivity contribution in [1.82, 2.24) is 19.9 Å². The van der Waals surface area contributed by atoms with Gasteiger partial charge in [-0.15, -0.1) is 6.42 Å². The molecule has 0 unspecified atom stereocenters. The Balaban J connectivity index is 1.41. The van der Waals surface area contributed by atoms with Crippen LogP contribution in [-0.4, -0.2) is 63.7 Å². The van der Waals surface area contributed by atoms with E-state index in [0.29, 0.717) is 43.1 Å². The Bertz CT molecular complexity index is 1890. The van der Waals surface area contributed by atoms with Crippen LogP contribution in [0.4, 0.5) is 23.4 Å². The van der Waals surface area contributed by atoms with E-state index < -0.39 is 23.1 Å². The van der Waals surface area contributed by atoms with Gasteiger partial charge in [0, 0.05) is 30.5 Å². The van der Waals surface area contributed by atoms with Gasteiger partial charge in [0.15, 0.2) is 5.82 Å². The topological polar surface area (TPSA) is 72.4 Å². The van der Waals surface area contributed by atoms with Crippen molar-refractivity contribution < 1.29 is 27.0 Å². The zero-order chi connectivity index (χ0) is 31.3. The van der Waals surface area contributed by atoms with Gasteiger partial charge >= 0.3 is 6.01 Å². The number of alkyl halides is 2. The van der Waals surface area contributed by atoms with Gasteiger partial charge in [-0.05, 0) is 44.1 Å². The second kappa shape index (κ2) is 11.2. The minimum Gasteiger partial charge on any atom is -0.474 e. The van der Waals surface area contributed by atoms with Gasteiger partial charge in [-0.3, -0.25) is 4.90 Å². The largest absolute Gasteiger partial charge is 0.474 e. The van der Waals surface area contributed by atoms with Gasteiger partial charge in [-0.25, -0.2) is 22.5 Å². The molecule has 45 heavy (non-hydrogen) atoms. The molecule has 0 radical (unpaired) electrons. The molecule has 232 valence electrons. The quantitative estimate of drug-likeness (QED) is 0.152. The summed E-state index contributed by atoms with van der Waals surface area (Å²) >= 11 is 0. The van der Waals surface area contributed by atoms with Crippen molar-refractivity contribution in [2.75, 3.05) is 31.6 Å². The van der Waals surface area contributed by atoms with Crippen LogP contribution in [0.5, 0.6) is 11.9 Å². The van der Waals surface area contributed by atoms with Gasteiger partial charge < -0.3 is 14.8 Å². The molecule has 5 heterocycles. The van der Waals surface area contributed by atoms with Crippen molar-refractivity contribution in [2.24, 2.45) is 0 Å². The van der Waals surface area contributed by atoms with Crippen LogP contribution in [0.3, 0.4) is 0 Å². The van der Waals surface area contributed by atoms with Crippen LogP contribution in [0.25, 0.3) is 32.9 Å². The lowest BCUT2D eigenvalue weighted by Gasteiger charge is -2.46. The number of ether oxygens (including phenoxy) is 2. The van der Waals surface area contributed by atoms with Gasteiger partial charge in [-0.1, -0.05) is 42.3 Å². The second-order valence-corrected chi connectivity index (χ2v) is 12.0. The highest BCUT2D eigenvalue weighted by Crippen LogP contribution is 2.48. The molecule has 11 heteroatoms. The lowest BCUT2D eigenvalue weighted by molar-refractivity contribution is -0.0132. The maximum atomic E-state index is 16.8. The second-order valence-electron chi connectivity index (χ2n) is 12.0. The fourth-order valence-corrected chi connectivity index (χ4v) is 6.62. The molecule has 0 spiro atoms. The van der Waals surface area contributed by atoms with Crippen molar-refractivity contribution in [3.63, 3.8) is 0 Å². The Labute approximate surface area is 257 Å². The number of allylic oxidation sites excluding steroid dienone is 1. The van der Waals surface area contributed by atoms with Crippen LogP contribution in [0.15, 0.2) is 42.5 Å². The van der Waals surface area contributed by atoms with Crippen molar-refractivity contribution in [2.45, 2.75) is 56.6 Å². The highest BCUT2D eigenvalue weighted by atomic mass is 19.3. The van der Waals surface area contributed by atoms with Gasteiger partial charge in [-0.2, -0.15) is 9.97 Å². The first-order valence-electron chi connectivity index (χ1n) is 15.1. The molecule has 4 aromatic rings. The molecule has 2 aromatic heterocycles. The van der Waals surface area contributed by atoms with Crippen molar-refractivity contribution >= 4 is 27.5 Å². The molecule has 0 aliphatic carbocycles. The lowest BCUT2D eigenvalue weighted by Crippen LogP contribution is -2.59. The van der Waals surface area contributed by atoms with Crippen LogP contribution in [0.1, 0.15) is 44.6 Å². The number of terminal acetylenes is 1. The smallest absolute Gasteiger partial charge is 0.319 e. The molecule has 7 nitrogen and oxygen atoms in total. The van der Waals surface area contributed by atoms with Crippen LogP contribution >= 0.6 is 0 Å². The van der Waals surface area contributed by atoms with Gasteiger partial charge in [0.05, 0.1) is 23.8 Å². The van der Waals surface area contributed by atoms with Crippen LogP contribution in [0, 0.1) is 24.0 Å². The highest BCUT2D eigenvalue weighted by molar-refractivity contribution is 6.03. The molecular weight excluding hydrogens is 586 g/mol. The van der Waals surface area contributed by atoms with Gasteiger partial charge in [0.2, 0.25) is 5.88 Å². The molecule has 2 aromatic carbocycles. The summed E-state index contributed by atoms with van der Waals surface area (Å²) in [5, 5.41) is 4.41. The predicted molar refractivity (Wildman–Crippen MR) is 164 cm³/mol. The number of nitrogens with zero attached hydrogens (tertiary/aromatic N) is 4. The normalized spacial score (nSPS) is 22.8. The first-order valence-corrected chi connectivity index (χ1v) is 15.1. The zero-order valence-electron chi connectivity index (χ0n) is 24.7. The van der Waals surface area contributed by atoms with Gasteiger partial charge in [0.1, 0.15) is 34.8 Å². The number of anilines is 1. The molecule has 3 aliphatic heterocycles. The summed E-state index contributed by atoms with van der Waals surface area (Å²) in [6.07, 6.45) is 11.9. The van der Waals surface area contributed by atoms with Gasteiger partial charge in [0.25, 0.3) is 5.92 Å². The molecule has 0 amide bonds. The number of aromatic nitrogens is 3. The molecular formula is C34H31F4N5O2. The molecule has 0 saturated carbocycles. The average Bonchev–Trinajstić information content (AvgIpc) is 3.19. The third-order valence-electron chi connectivity index (χ3n) is 8.95. The van der Waals surface area contributed by atoms with E-state index in [2.05, 4.69) is 32.3 Å². The lowest BCUT2D eigenvalue weighted by atomic mass is 9.85. The van der Waals surface area contributed by atoms with E-state index in [1.807, 2.05) is 13.0 Å². The summed E-state index contributed by atoms with van der Waals surface area (Å²) in [4.78, 5) is 15.4. The molecule has 2 atom stereocenters. The molecule has 1 N–H and O–H groups in total. The van der Waals surface area contributed by atoms with Crippen molar-refractivity contribution in [3.05, 3.63) is 59.7 Å². The zero-order valence-corrected chi connectivity index (χ0v) is 24.7. The van der Waals surface area contributed by atoms with E-state index >= 15 is 4.39 Å². The number of nitrogens with one attached hydrogen (secondary N) is 1. The maximum Gasteiger partial charge on any atom is 0.319 e. The predicted octanol–water partition coefficient (Wildman–Crippen LogP) is 6.89. The van der Waals surface area contributed by atoms with E-state index in [9.17, 15) is 13.2 Å². The summed E-state index contributed by atoms with van der Waals surface area (Å²) in [6.45, 7) is 2.55. The third-order valence-corrected chi connectivity index (χ3v) is 8.95. The molecule has 3 aliphatic rings. The highest BCUT2D eigenvalue weighted by Gasteiger charge is 2.60. The maximum absolute atomic E-state index is 16.8. The molecule has 7 rings (SSSR count). The van der Waals surface area contributed by atoms with E-state index in [1.165, 1.54) is 6.07 Å². The fourth-order valence-electron chi connectivity index (χ4n) is 6.62. The number of fused-ring (bicyclic) bond motifs is 2. The SMILES string of the molecule is C#Cc1c(F)ccc2cccc(-c3nc4c5c(nc(OC[C@]67CCN6CC(F)(F)C7)nc5c3F)NCCC=CCC[C@H](C)O4)c12. The molecule has 2 fully saturated rings. The summed E-state index contributed by atoms with van der Waals surface area (Å²) in [5.74, 6) is -1.47. The summed E-state index contributed by atoms with van der Waals surface area (Å²) in [5.41, 5.74) is -0.812. The Hall–Kier alpha value is -4.43. The van der Waals surface area contributed by atoms with Crippen LogP contribution in [0.2, 0.25) is 0 Å². The van der Waals surface area contributed by atoms with E-state index in [0.717, 1.165) is 6.42 Å². The number of rotatable bonds is 4. The van der Waals surface area contributed by atoms with E-state index in [1.54, 1.807) is 29.2 Å². The monoisotopic (exact) mass is 617 g/mol. The average molecular weight is 618 g/mol. The first kappa shape index (κ1) is 29.3. The summed E-state index contributed by atoms with van der Waals surface area (Å²) in [7, 11) is 0. The summed E-state index contributed by atoms with van der Waals surface area (Å²) < 4.78 is 72.6. The van der Waals surface area contributed by atoms with Crippen molar-refractivity contribution in [1.29, 1.82) is 0 Å². The summed E-state index contributed by atoms with van der Waals surface area (Å²) in [6, 6.07) is 7.79.